The topological polar surface area (TPSA) is 83.4 Å². The Hall–Kier alpha value is -2.97. The number of para-hydroxylation sites is 1. The van der Waals surface area contributed by atoms with Gasteiger partial charge in [-0.2, -0.15) is 0 Å². The number of rotatable bonds is 4. The monoisotopic (exact) mass is 442 g/mol. The van der Waals surface area contributed by atoms with Crippen molar-refractivity contribution in [2.45, 2.75) is 13.3 Å². The number of hydrogen-bond acceptors (Lipinski definition) is 6. The lowest BCUT2D eigenvalue weighted by Gasteiger charge is -2.27. The summed E-state index contributed by atoms with van der Waals surface area (Å²) in [5, 5.41) is 5.01. The van der Waals surface area contributed by atoms with Gasteiger partial charge < -0.3 is 9.64 Å². The molecule has 0 saturated carbocycles. The Morgan fingerprint density at radius 3 is 2.90 bits per heavy atom. The van der Waals surface area contributed by atoms with E-state index in [0.29, 0.717) is 47.3 Å². The summed E-state index contributed by atoms with van der Waals surface area (Å²) in [5.41, 5.74) is 2.10. The lowest BCUT2D eigenvalue weighted by atomic mass is 10.0. The first kappa shape index (κ1) is 20.3. The number of hydrogen-bond donors (Lipinski definition) is 1. The molecule has 9 heteroatoms. The van der Waals surface area contributed by atoms with Crippen molar-refractivity contribution in [1.82, 2.24) is 10.2 Å². The highest BCUT2D eigenvalue weighted by molar-refractivity contribution is 7.12. The van der Waals surface area contributed by atoms with E-state index in [9.17, 15) is 9.59 Å². The standard InChI is InChI=1S/C21H19ClN4O3S/c1-2-29-17-6-4-3-5-14(17)19(27)25-21-23-11-13-12-26(9-7-16(13)24-21)20(28)18-15(22)8-10-30-18/h3-6,8,10,12H,2,7,9,11H2,1H3,(H,23,25,27). The van der Waals surface area contributed by atoms with Crippen LogP contribution < -0.4 is 10.1 Å². The van der Waals surface area contributed by atoms with Crippen molar-refractivity contribution in [3.8, 4) is 5.75 Å². The number of nitrogens with zero attached hydrogens (tertiary/aromatic N) is 3. The van der Waals surface area contributed by atoms with Crippen LogP contribution in [0.1, 0.15) is 33.4 Å². The number of ether oxygens (including phenoxy) is 1. The van der Waals surface area contributed by atoms with Crippen molar-refractivity contribution >= 4 is 46.4 Å². The average Bonchev–Trinajstić information content (AvgIpc) is 3.19. The molecule has 30 heavy (non-hydrogen) atoms. The van der Waals surface area contributed by atoms with Gasteiger partial charge in [0.25, 0.3) is 11.8 Å². The van der Waals surface area contributed by atoms with Crippen molar-refractivity contribution in [2.75, 3.05) is 19.7 Å². The number of nitrogens with one attached hydrogen (secondary N) is 1. The van der Waals surface area contributed by atoms with Gasteiger partial charge in [-0.1, -0.05) is 23.7 Å². The fourth-order valence-corrected chi connectivity index (χ4v) is 4.30. The van der Waals surface area contributed by atoms with Gasteiger partial charge in [0.15, 0.2) is 0 Å². The second-order valence-corrected chi connectivity index (χ2v) is 7.91. The third-order valence-electron chi connectivity index (χ3n) is 4.64. The second-order valence-electron chi connectivity index (χ2n) is 6.58. The van der Waals surface area contributed by atoms with Crippen LogP contribution in [0.3, 0.4) is 0 Å². The molecule has 0 atom stereocenters. The van der Waals surface area contributed by atoms with E-state index in [2.05, 4.69) is 15.3 Å². The molecule has 3 heterocycles. The predicted octanol–water partition coefficient (Wildman–Crippen LogP) is 3.77. The summed E-state index contributed by atoms with van der Waals surface area (Å²) in [6.45, 7) is 3.16. The maximum absolute atomic E-state index is 12.7. The Morgan fingerprint density at radius 1 is 1.30 bits per heavy atom. The number of fused-ring (bicyclic) bond motifs is 1. The molecule has 0 fully saturated rings. The molecule has 4 rings (SSSR count). The number of carbonyl (C=O) groups is 2. The predicted molar refractivity (Wildman–Crippen MR) is 118 cm³/mol. The lowest BCUT2D eigenvalue weighted by molar-refractivity contribution is 0.0826. The Balaban J connectivity index is 1.47. The highest BCUT2D eigenvalue weighted by atomic mass is 35.5. The lowest BCUT2D eigenvalue weighted by Crippen LogP contribution is -2.37. The van der Waals surface area contributed by atoms with Crippen LogP contribution in [-0.2, 0) is 0 Å². The second kappa shape index (κ2) is 8.81. The van der Waals surface area contributed by atoms with E-state index in [4.69, 9.17) is 16.3 Å². The number of thiophene rings is 1. The van der Waals surface area contributed by atoms with Gasteiger partial charge in [0.2, 0.25) is 5.96 Å². The SMILES string of the molecule is CCOc1ccccc1C(=O)NC1=NCC2=CN(C(=O)c3sccc3Cl)CCC2=N1. The maximum Gasteiger partial charge on any atom is 0.269 e. The minimum Gasteiger partial charge on any atom is -0.493 e. The molecule has 0 saturated heterocycles. The summed E-state index contributed by atoms with van der Waals surface area (Å²) in [6, 6.07) is 8.75. The van der Waals surface area contributed by atoms with Crippen molar-refractivity contribution in [3.63, 3.8) is 0 Å². The van der Waals surface area contributed by atoms with E-state index in [1.54, 1.807) is 40.7 Å². The first-order valence-corrected chi connectivity index (χ1v) is 10.7. The van der Waals surface area contributed by atoms with E-state index < -0.39 is 0 Å². The number of benzene rings is 1. The van der Waals surface area contributed by atoms with Crippen LogP contribution in [0.25, 0.3) is 0 Å². The molecule has 7 nitrogen and oxygen atoms in total. The number of amides is 2. The van der Waals surface area contributed by atoms with Crippen LogP contribution in [-0.4, -0.2) is 48.1 Å². The van der Waals surface area contributed by atoms with Gasteiger partial charge >= 0.3 is 0 Å². The Bertz CT molecular complexity index is 1090. The van der Waals surface area contributed by atoms with Crippen molar-refractivity contribution < 1.29 is 14.3 Å². The smallest absolute Gasteiger partial charge is 0.269 e. The van der Waals surface area contributed by atoms with Crippen molar-refractivity contribution in [2.24, 2.45) is 9.98 Å². The Kier molecular flexibility index (Phi) is 5.96. The Labute approximate surface area is 182 Å². The van der Waals surface area contributed by atoms with Crippen LogP contribution >= 0.6 is 22.9 Å². The van der Waals surface area contributed by atoms with Crippen LogP contribution in [0.5, 0.6) is 5.75 Å². The van der Waals surface area contributed by atoms with Gasteiger partial charge in [-0.25, -0.2) is 9.98 Å². The fourth-order valence-electron chi connectivity index (χ4n) is 3.21. The zero-order valence-electron chi connectivity index (χ0n) is 16.2. The molecule has 0 radical (unpaired) electrons. The highest BCUT2D eigenvalue weighted by Crippen LogP contribution is 2.26. The van der Waals surface area contributed by atoms with Gasteiger partial charge in [0.05, 0.1) is 29.4 Å². The summed E-state index contributed by atoms with van der Waals surface area (Å²) in [4.78, 5) is 36.3. The largest absolute Gasteiger partial charge is 0.493 e. The molecule has 0 unspecified atom stereocenters. The summed E-state index contributed by atoms with van der Waals surface area (Å²) in [7, 11) is 0. The molecular formula is C21H19ClN4O3S. The van der Waals surface area contributed by atoms with Crippen LogP contribution in [0, 0.1) is 0 Å². The molecule has 2 aliphatic heterocycles. The molecule has 1 N–H and O–H groups in total. The molecule has 2 aromatic rings. The molecule has 1 aromatic heterocycles. The number of halogens is 1. The summed E-state index contributed by atoms with van der Waals surface area (Å²) in [6.07, 6.45) is 2.35. The van der Waals surface area contributed by atoms with Crippen LogP contribution in [0.4, 0.5) is 0 Å². The summed E-state index contributed by atoms with van der Waals surface area (Å²) < 4.78 is 5.51. The van der Waals surface area contributed by atoms with E-state index >= 15 is 0 Å². The molecular weight excluding hydrogens is 424 g/mol. The van der Waals surface area contributed by atoms with Crippen molar-refractivity contribution in [3.05, 3.63) is 62.9 Å². The minimum atomic E-state index is -0.325. The number of guanidine groups is 1. The number of carbonyl (C=O) groups excluding carboxylic acids is 2. The van der Waals surface area contributed by atoms with Crippen molar-refractivity contribution in [1.29, 1.82) is 0 Å². The zero-order chi connectivity index (χ0) is 21.1. The van der Waals surface area contributed by atoms with Gasteiger partial charge in [-0.3, -0.25) is 14.9 Å². The minimum absolute atomic E-state index is 0.128. The molecule has 0 spiro atoms. The first-order chi connectivity index (χ1) is 14.6. The zero-order valence-corrected chi connectivity index (χ0v) is 17.8. The third kappa shape index (κ3) is 4.15. The summed E-state index contributed by atoms with van der Waals surface area (Å²) in [5.74, 6) is 0.326. The molecule has 2 amide bonds. The van der Waals surface area contributed by atoms with E-state index in [1.807, 2.05) is 13.0 Å². The number of aliphatic imine (C=N–C) groups is 2. The average molecular weight is 443 g/mol. The van der Waals surface area contributed by atoms with E-state index in [0.717, 1.165) is 11.3 Å². The van der Waals surface area contributed by atoms with Gasteiger partial charge in [0, 0.05) is 24.7 Å². The normalized spacial score (nSPS) is 15.5. The van der Waals surface area contributed by atoms with Gasteiger partial charge in [0.1, 0.15) is 10.6 Å². The van der Waals surface area contributed by atoms with Gasteiger partial charge in [-0.15, -0.1) is 11.3 Å². The fraction of sp³-hybridized carbons (Fsp3) is 0.238. The molecule has 0 bridgehead atoms. The third-order valence-corrected chi connectivity index (χ3v) is 5.97. The quantitative estimate of drug-likeness (QED) is 0.782. The van der Waals surface area contributed by atoms with E-state index in [-0.39, 0.29) is 17.8 Å². The molecule has 2 aliphatic rings. The summed E-state index contributed by atoms with van der Waals surface area (Å²) >= 11 is 7.41. The highest BCUT2D eigenvalue weighted by Gasteiger charge is 2.26. The maximum atomic E-state index is 12.7. The van der Waals surface area contributed by atoms with Crippen LogP contribution in [0.2, 0.25) is 5.02 Å². The molecule has 154 valence electrons. The van der Waals surface area contributed by atoms with E-state index in [1.165, 1.54) is 11.3 Å². The Morgan fingerprint density at radius 2 is 2.13 bits per heavy atom. The van der Waals surface area contributed by atoms with Gasteiger partial charge in [-0.05, 0) is 30.5 Å². The van der Waals surface area contributed by atoms with Crippen LogP contribution in [0.15, 0.2) is 57.5 Å². The first-order valence-electron chi connectivity index (χ1n) is 9.47. The molecule has 1 aromatic carbocycles. The molecule has 0 aliphatic carbocycles.